The summed E-state index contributed by atoms with van der Waals surface area (Å²) in [6.07, 6.45) is 1.01. The second-order valence-electron chi connectivity index (χ2n) is 6.88. The standard InChI is InChI=1S/C22H29N3O6S/c1-6-24(7-2)22(27)17-10-8-9-11-18(17)23-21(26)15-25(32(5,28)29)16-12-13-19(30-3)20(14-16)31-4/h8-14H,6-7,15H2,1-5H3,(H,23,26). The van der Waals surface area contributed by atoms with Crippen molar-refractivity contribution >= 4 is 33.2 Å². The largest absolute Gasteiger partial charge is 0.493 e. The number of methoxy groups -OCH3 is 2. The fourth-order valence-corrected chi connectivity index (χ4v) is 4.01. The molecule has 0 heterocycles. The van der Waals surface area contributed by atoms with Gasteiger partial charge in [-0.3, -0.25) is 13.9 Å². The maximum absolute atomic E-state index is 12.8. The minimum Gasteiger partial charge on any atom is -0.493 e. The molecule has 0 bridgehead atoms. The summed E-state index contributed by atoms with van der Waals surface area (Å²) in [6.45, 7) is 4.31. The Morgan fingerprint density at radius 3 is 2.16 bits per heavy atom. The molecule has 0 radical (unpaired) electrons. The molecule has 9 nitrogen and oxygen atoms in total. The van der Waals surface area contributed by atoms with Crippen molar-refractivity contribution in [3.63, 3.8) is 0 Å². The van der Waals surface area contributed by atoms with Gasteiger partial charge in [-0.25, -0.2) is 8.42 Å². The van der Waals surface area contributed by atoms with Crippen LogP contribution in [0.5, 0.6) is 11.5 Å². The third-order valence-corrected chi connectivity index (χ3v) is 5.97. The monoisotopic (exact) mass is 463 g/mol. The van der Waals surface area contributed by atoms with E-state index in [9.17, 15) is 18.0 Å². The zero-order chi connectivity index (χ0) is 23.9. The first-order chi connectivity index (χ1) is 15.2. The lowest BCUT2D eigenvalue weighted by Gasteiger charge is -2.24. The number of nitrogens with one attached hydrogen (secondary N) is 1. The molecule has 0 aromatic heterocycles. The van der Waals surface area contributed by atoms with Gasteiger partial charge in [0.2, 0.25) is 15.9 Å². The number of carbonyl (C=O) groups excluding carboxylic acids is 2. The maximum atomic E-state index is 12.8. The summed E-state index contributed by atoms with van der Waals surface area (Å²) in [5, 5.41) is 2.67. The molecule has 0 saturated carbocycles. The fourth-order valence-electron chi connectivity index (χ4n) is 3.16. The number of benzene rings is 2. The number of sulfonamides is 1. The van der Waals surface area contributed by atoms with Gasteiger partial charge in [0.05, 0.1) is 37.4 Å². The molecule has 0 aliphatic carbocycles. The lowest BCUT2D eigenvalue weighted by atomic mass is 10.1. The van der Waals surface area contributed by atoms with Crippen LogP contribution in [0.2, 0.25) is 0 Å². The van der Waals surface area contributed by atoms with Gasteiger partial charge in [-0.05, 0) is 38.1 Å². The number of nitrogens with zero attached hydrogens (tertiary/aromatic N) is 2. The number of para-hydroxylation sites is 1. The molecule has 0 unspecified atom stereocenters. The van der Waals surface area contributed by atoms with Crippen LogP contribution in [0.15, 0.2) is 42.5 Å². The lowest BCUT2D eigenvalue weighted by Crippen LogP contribution is -2.38. The molecular formula is C22H29N3O6S. The van der Waals surface area contributed by atoms with Crippen molar-refractivity contribution in [2.75, 3.05) is 49.7 Å². The fraction of sp³-hybridized carbons (Fsp3) is 0.364. The van der Waals surface area contributed by atoms with Crippen molar-refractivity contribution in [1.82, 2.24) is 4.90 Å². The van der Waals surface area contributed by atoms with Gasteiger partial charge in [0, 0.05) is 19.2 Å². The molecule has 0 saturated heterocycles. The van der Waals surface area contributed by atoms with Crippen LogP contribution < -0.4 is 19.1 Å². The summed E-state index contributed by atoms with van der Waals surface area (Å²) in [6, 6.07) is 11.2. The summed E-state index contributed by atoms with van der Waals surface area (Å²) >= 11 is 0. The Labute approximate surface area is 189 Å². The molecule has 2 aromatic carbocycles. The maximum Gasteiger partial charge on any atom is 0.255 e. The summed E-state index contributed by atoms with van der Waals surface area (Å²) in [7, 11) is -0.895. The van der Waals surface area contributed by atoms with E-state index in [2.05, 4.69) is 5.32 Å². The molecule has 0 aliphatic rings. The molecule has 10 heteroatoms. The van der Waals surface area contributed by atoms with Crippen molar-refractivity contribution in [2.45, 2.75) is 13.8 Å². The van der Waals surface area contributed by atoms with E-state index in [1.165, 1.54) is 26.4 Å². The Bertz CT molecular complexity index is 1070. The van der Waals surface area contributed by atoms with E-state index >= 15 is 0 Å². The summed E-state index contributed by atoms with van der Waals surface area (Å²) in [5.41, 5.74) is 0.893. The molecule has 2 amide bonds. The minimum absolute atomic E-state index is 0.217. The predicted molar refractivity (Wildman–Crippen MR) is 124 cm³/mol. The van der Waals surface area contributed by atoms with Crippen molar-refractivity contribution in [3.8, 4) is 11.5 Å². The van der Waals surface area contributed by atoms with Crippen molar-refractivity contribution < 1.29 is 27.5 Å². The smallest absolute Gasteiger partial charge is 0.255 e. The number of hydrogen-bond acceptors (Lipinski definition) is 6. The van der Waals surface area contributed by atoms with Gasteiger partial charge in [-0.15, -0.1) is 0 Å². The number of amides is 2. The number of carbonyl (C=O) groups is 2. The molecule has 2 rings (SSSR count). The SMILES string of the molecule is CCN(CC)C(=O)c1ccccc1NC(=O)CN(c1ccc(OC)c(OC)c1)S(C)(=O)=O. The Morgan fingerprint density at radius 1 is 0.969 bits per heavy atom. The van der Waals surface area contributed by atoms with Crippen molar-refractivity contribution in [2.24, 2.45) is 0 Å². The molecule has 32 heavy (non-hydrogen) atoms. The highest BCUT2D eigenvalue weighted by Crippen LogP contribution is 2.32. The average molecular weight is 464 g/mol. The first kappa shape index (κ1) is 25.0. The Morgan fingerprint density at radius 2 is 1.59 bits per heavy atom. The Balaban J connectivity index is 2.32. The van der Waals surface area contributed by atoms with Gasteiger partial charge in [0.1, 0.15) is 6.54 Å². The molecular weight excluding hydrogens is 434 g/mol. The van der Waals surface area contributed by atoms with E-state index in [1.54, 1.807) is 35.2 Å². The highest BCUT2D eigenvalue weighted by atomic mass is 32.2. The average Bonchev–Trinajstić information content (AvgIpc) is 2.77. The van der Waals surface area contributed by atoms with Crippen LogP contribution in [0, 0.1) is 0 Å². The second-order valence-corrected chi connectivity index (χ2v) is 8.79. The highest BCUT2D eigenvalue weighted by Gasteiger charge is 2.24. The Kier molecular flexibility index (Phi) is 8.48. The van der Waals surface area contributed by atoms with Crippen LogP contribution in [0.25, 0.3) is 0 Å². The van der Waals surface area contributed by atoms with E-state index in [4.69, 9.17) is 9.47 Å². The van der Waals surface area contributed by atoms with Crippen LogP contribution >= 0.6 is 0 Å². The zero-order valence-corrected chi connectivity index (χ0v) is 19.7. The molecule has 0 spiro atoms. The predicted octanol–water partition coefficient (Wildman–Crippen LogP) is 2.59. The third-order valence-electron chi connectivity index (χ3n) is 4.82. The van der Waals surface area contributed by atoms with Crippen LogP contribution in [-0.4, -0.2) is 65.2 Å². The van der Waals surface area contributed by atoms with Crippen molar-refractivity contribution in [1.29, 1.82) is 0 Å². The van der Waals surface area contributed by atoms with Gasteiger partial charge in [-0.1, -0.05) is 12.1 Å². The molecule has 0 fully saturated rings. The molecule has 1 N–H and O–H groups in total. The normalized spacial score (nSPS) is 10.9. The zero-order valence-electron chi connectivity index (χ0n) is 18.9. The third kappa shape index (κ3) is 5.91. The van der Waals surface area contributed by atoms with Crippen molar-refractivity contribution in [3.05, 3.63) is 48.0 Å². The number of anilines is 2. The Hall–Kier alpha value is -3.27. The number of hydrogen-bond donors (Lipinski definition) is 1. The van der Waals surface area contributed by atoms with Gasteiger partial charge in [0.15, 0.2) is 11.5 Å². The molecule has 0 atom stereocenters. The molecule has 2 aromatic rings. The van der Waals surface area contributed by atoms with Crippen LogP contribution in [-0.2, 0) is 14.8 Å². The first-order valence-electron chi connectivity index (χ1n) is 10.0. The number of ether oxygens (including phenoxy) is 2. The van der Waals surface area contributed by atoms with Crippen LogP contribution in [0.1, 0.15) is 24.2 Å². The van der Waals surface area contributed by atoms with Gasteiger partial charge in [-0.2, -0.15) is 0 Å². The van der Waals surface area contributed by atoms with Gasteiger partial charge >= 0.3 is 0 Å². The van der Waals surface area contributed by atoms with E-state index in [1.807, 2.05) is 13.8 Å². The van der Waals surface area contributed by atoms with E-state index in [0.29, 0.717) is 35.8 Å². The first-order valence-corrected chi connectivity index (χ1v) is 11.9. The van der Waals surface area contributed by atoms with E-state index < -0.39 is 22.5 Å². The van der Waals surface area contributed by atoms with Crippen LogP contribution in [0.4, 0.5) is 11.4 Å². The topological polar surface area (TPSA) is 105 Å². The van der Waals surface area contributed by atoms with Gasteiger partial charge < -0.3 is 19.7 Å². The summed E-state index contributed by atoms with van der Waals surface area (Å²) in [5.74, 6) is -0.0528. The quantitative estimate of drug-likeness (QED) is 0.581. The van der Waals surface area contributed by atoms with E-state index in [0.717, 1.165) is 10.6 Å². The molecule has 0 aliphatic heterocycles. The molecule has 174 valence electrons. The minimum atomic E-state index is -3.80. The summed E-state index contributed by atoms with van der Waals surface area (Å²) < 4.78 is 36.2. The lowest BCUT2D eigenvalue weighted by molar-refractivity contribution is -0.114. The second kappa shape index (κ2) is 10.9. The van der Waals surface area contributed by atoms with Crippen LogP contribution in [0.3, 0.4) is 0 Å². The van der Waals surface area contributed by atoms with Gasteiger partial charge in [0.25, 0.3) is 5.91 Å². The highest BCUT2D eigenvalue weighted by molar-refractivity contribution is 7.92. The summed E-state index contributed by atoms with van der Waals surface area (Å²) in [4.78, 5) is 27.2. The number of rotatable bonds is 10. The van der Waals surface area contributed by atoms with E-state index in [-0.39, 0.29) is 11.6 Å².